The smallest absolute Gasteiger partial charge is 0.191 e. The zero-order chi connectivity index (χ0) is 12.3. The lowest BCUT2D eigenvalue weighted by Crippen LogP contribution is -2.36. The van der Waals surface area contributed by atoms with Crippen LogP contribution in [0.5, 0.6) is 0 Å². The number of hydrogen-bond acceptors (Lipinski definition) is 2. The van der Waals surface area contributed by atoms with Gasteiger partial charge in [0.05, 0.1) is 12.2 Å². The molecule has 1 saturated carbocycles. The fourth-order valence-electron chi connectivity index (χ4n) is 3.25. The van der Waals surface area contributed by atoms with E-state index in [1.807, 2.05) is 0 Å². The maximum atomic E-state index is 6.33. The third kappa shape index (κ3) is 3.33. The molecular formula is C14H28O2Si. The van der Waals surface area contributed by atoms with Crippen LogP contribution in [0.4, 0.5) is 0 Å². The van der Waals surface area contributed by atoms with Gasteiger partial charge in [-0.2, -0.15) is 0 Å². The van der Waals surface area contributed by atoms with E-state index in [1.165, 1.54) is 43.8 Å². The summed E-state index contributed by atoms with van der Waals surface area (Å²) in [5.41, 5.74) is 0. The van der Waals surface area contributed by atoms with Gasteiger partial charge in [0.15, 0.2) is 8.32 Å². The zero-order valence-electron chi connectivity index (χ0n) is 11.7. The standard InChI is InChI=1S/C14H28O2Si/c1-4-17(5-2,6-3)15-10-9-12-7-8-13-14(11-12)16-13/h12-14H,4-11H2,1-3H3. The Kier molecular flexibility index (Phi) is 4.67. The van der Waals surface area contributed by atoms with Crippen molar-refractivity contribution < 1.29 is 9.16 Å². The molecule has 17 heavy (non-hydrogen) atoms. The molecule has 0 spiro atoms. The highest BCUT2D eigenvalue weighted by Crippen LogP contribution is 2.40. The van der Waals surface area contributed by atoms with E-state index >= 15 is 0 Å². The summed E-state index contributed by atoms with van der Waals surface area (Å²) in [5, 5.41) is 0. The molecule has 0 aromatic heterocycles. The summed E-state index contributed by atoms with van der Waals surface area (Å²) in [6.07, 6.45) is 6.49. The summed E-state index contributed by atoms with van der Waals surface area (Å²) in [5.74, 6) is 0.871. The van der Waals surface area contributed by atoms with Crippen molar-refractivity contribution in [1.82, 2.24) is 0 Å². The molecule has 1 saturated heterocycles. The van der Waals surface area contributed by atoms with Crippen LogP contribution in [0.1, 0.15) is 46.5 Å². The lowest BCUT2D eigenvalue weighted by molar-refractivity contribution is 0.242. The van der Waals surface area contributed by atoms with Crippen LogP contribution in [0.15, 0.2) is 0 Å². The second kappa shape index (κ2) is 5.85. The van der Waals surface area contributed by atoms with Crippen molar-refractivity contribution in [1.29, 1.82) is 0 Å². The van der Waals surface area contributed by atoms with Crippen molar-refractivity contribution in [3.8, 4) is 0 Å². The van der Waals surface area contributed by atoms with Gasteiger partial charge in [-0.15, -0.1) is 0 Å². The van der Waals surface area contributed by atoms with Crippen LogP contribution in [-0.4, -0.2) is 27.1 Å². The molecule has 3 heteroatoms. The van der Waals surface area contributed by atoms with E-state index in [9.17, 15) is 0 Å². The summed E-state index contributed by atoms with van der Waals surface area (Å²) in [4.78, 5) is 0. The Morgan fingerprint density at radius 1 is 1.06 bits per heavy atom. The molecule has 3 atom stereocenters. The third-order valence-electron chi connectivity index (χ3n) is 4.98. The first kappa shape index (κ1) is 13.6. The minimum absolute atomic E-state index is 0.624. The molecule has 0 aromatic rings. The Bertz CT molecular complexity index is 232. The Morgan fingerprint density at radius 2 is 1.76 bits per heavy atom. The minimum Gasteiger partial charge on any atom is -0.417 e. The molecule has 100 valence electrons. The number of ether oxygens (including phenoxy) is 1. The average molecular weight is 256 g/mol. The normalized spacial score (nSPS) is 32.3. The minimum atomic E-state index is -1.34. The van der Waals surface area contributed by atoms with Crippen LogP contribution < -0.4 is 0 Å². The highest BCUT2D eigenvalue weighted by atomic mass is 28.4. The van der Waals surface area contributed by atoms with E-state index in [4.69, 9.17) is 9.16 Å². The fraction of sp³-hybridized carbons (Fsp3) is 1.00. The first-order chi connectivity index (χ1) is 8.23. The molecule has 0 amide bonds. The third-order valence-corrected chi connectivity index (χ3v) is 9.66. The quantitative estimate of drug-likeness (QED) is 0.508. The number of epoxide rings is 1. The van der Waals surface area contributed by atoms with Crippen LogP contribution >= 0.6 is 0 Å². The molecule has 2 rings (SSSR count). The molecule has 0 radical (unpaired) electrons. The summed E-state index contributed by atoms with van der Waals surface area (Å²) in [6, 6.07) is 3.83. The molecule has 1 heterocycles. The molecule has 0 N–H and O–H groups in total. The van der Waals surface area contributed by atoms with E-state index in [2.05, 4.69) is 20.8 Å². The van der Waals surface area contributed by atoms with Crippen LogP contribution in [0, 0.1) is 5.92 Å². The highest BCUT2D eigenvalue weighted by molar-refractivity contribution is 6.73. The molecule has 1 aliphatic heterocycles. The van der Waals surface area contributed by atoms with E-state index in [1.54, 1.807) is 0 Å². The summed E-state index contributed by atoms with van der Waals surface area (Å²) < 4.78 is 11.9. The lowest BCUT2D eigenvalue weighted by atomic mass is 9.87. The molecule has 0 bridgehead atoms. The van der Waals surface area contributed by atoms with Gasteiger partial charge in [-0.1, -0.05) is 20.8 Å². The van der Waals surface area contributed by atoms with Crippen molar-refractivity contribution in [2.45, 2.75) is 76.8 Å². The SMILES string of the molecule is CC[Si](CC)(CC)OCCC1CCC2OC2C1. The van der Waals surface area contributed by atoms with Crippen LogP contribution in [0.2, 0.25) is 18.1 Å². The highest BCUT2D eigenvalue weighted by Gasteiger charge is 2.43. The molecule has 1 aliphatic carbocycles. The topological polar surface area (TPSA) is 21.8 Å². The molecule has 2 nitrogen and oxygen atoms in total. The van der Waals surface area contributed by atoms with E-state index in [0.29, 0.717) is 12.2 Å². The average Bonchev–Trinajstić information content (AvgIpc) is 3.14. The summed E-state index contributed by atoms with van der Waals surface area (Å²) in [7, 11) is -1.34. The Balaban J connectivity index is 1.67. The molecule has 0 aromatic carbocycles. The Morgan fingerprint density at radius 3 is 2.35 bits per heavy atom. The number of fused-ring (bicyclic) bond motifs is 1. The van der Waals surface area contributed by atoms with Gasteiger partial charge in [0.25, 0.3) is 0 Å². The van der Waals surface area contributed by atoms with E-state index in [-0.39, 0.29) is 0 Å². The second-order valence-electron chi connectivity index (χ2n) is 5.77. The second-order valence-corrected chi connectivity index (χ2v) is 10.5. The van der Waals surface area contributed by atoms with Crippen molar-refractivity contribution in [3.05, 3.63) is 0 Å². The van der Waals surface area contributed by atoms with Gasteiger partial charge in [-0.25, -0.2) is 0 Å². The predicted octanol–water partition coefficient (Wildman–Crippen LogP) is 3.97. The van der Waals surface area contributed by atoms with Crippen LogP contribution in [0.3, 0.4) is 0 Å². The van der Waals surface area contributed by atoms with Gasteiger partial charge in [-0.3, -0.25) is 0 Å². The van der Waals surface area contributed by atoms with Crippen LogP contribution in [0.25, 0.3) is 0 Å². The largest absolute Gasteiger partial charge is 0.417 e. The molecule has 2 fully saturated rings. The molecule has 3 unspecified atom stereocenters. The number of hydrogen-bond donors (Lipinski definition) is 0. The zero-order valence-corrected chi connectivity index (χ0v) is 12.7. The lowest BCUT2D eigenvalue weighted by Gasteiger charge is -2.29. The molecular weight excluding hydrogens is 228 g/mol. The fourth-order valence-corrected chi connectivity index (χ4v) is 5.91. The van der Waals surface area contributed by atoms with Gasteiger partial charge >= 0.3 is 0 Å². The van der Waals surface area contributed by atoms with Gasteiger partial charge < -0.3 is 9.16 Å². The monoisotopic (exact) mass is 256 g/mol. The van der Waals surface area contributed by atoms with Crippen molar-refractivity contribution >= 4 is 8.32 Å². The number of rotatable bonds is 7. The van der Waals surface area contributed by atoms with Crippen LogP contribution in [-0.2, 0) is 9.16 Å². The summed E-state index contributed by atoms with van der Waals surface area (Å²) >= 11 is 0. The van der Waals surface area contributed by atoms with Crippen molar-refractivity contribution in [3.63, 3.8) is 0 Å². The van der Waals surface area contributed by atoms with Crippen molar-refractivity contribution in [2.24, 2.45) is 5.92 Å². The first-order valence-electron chi connectivity index (χ1n) is 7.52. The van der Waals surface area contributed by atoms with E-state index < -0.39 is 8.32 Å². The maximum Gasteiger partial charge on any atom is 0.191 e. The Labute approximate surface area is 107 Å². The molecule has 2 aliphatic rings. The van der Waals surface area contributed by atoms with Gasteiger partial charge in [0.2, 0.25) is 0 Å². The summed E-state index contributed by atoms with van der Waals surface area (Å²) in [6.45, 7) is 7.93. The first-order valence-corrected chi connectivity index (χ1v) is 10.1. The predicted molar refractivity (Wildman–Crippen MR) is 73.8 cm³/mol. The van der Waals surface area contributed by atoms with Gasteiger partial charge in [-0.05, 0) is 49.7 Å². The maximum absolute atomic E-state index is 6.33. The van der Waals surface area contributed by atoms with Gasteiger partial charge in [0, 0.05) is 6.61 Å². The van der Waals surface area contributed by atoms with E-state index in [0.717, 1.165) is 12.5 Å². The van der Waals surface area contributed by atoms with Gasteiger partial charge in [0.1, 0.15) is 0 Å². The van der Waals surface area contributed by atoms with Crippen molar-refractivity contribution in [2.75, 3.05) is 6.61 Å². The Hall–Kier alpha value is 0.137.